The molecule has 16 heavy (non-hydrogen) atoms. The summed E-state index contributed by atoms with van der Waals surface area (Å²) >= 11 is 0. The predicted molar refractivity (Wildman–Crippen MR) is 57.0 cm³/mol. The molecule has 0 bridgehead atoms. The highest BCUT2D eigenvalue weighted by atomic mass is 32.2. The molecule has 1 aliphatic heterocycles. The van der Waals surface area contributed by atoms with Crippen molar-refractivity contribution in [1.82, 2.24) is 4.72 Å². The average molecular weight is 239 g/mol. The summed E-state index contributed by atoms with van der Waals surface area (Å²) in [6.45, 7) is 0.0716. The molecule has 1 atom stereocenters. The Labute approximate surface area is 92.3 Å². The van der Waals surface area contributed by atoms with Crippen LogP contribution >= 0.6 is 0 Å². The normalized spacial score (nSPS) is 23.9. The van der Waals surface area contributed by atoms with E-state index >= 15 is 0 Å². The van der Waals surface area contributed by atoms with E-state index in [1.165, 1.54) is 0 Å². The molecule has 0 aliphatic carbocycles. The summed E-state index contributed by atoms with van der Waals surface area (Å²) in [5, 5.41) is 0.948. The molecule has 0 amide bonds. The van der Waals surface area contributed by atoms with Crippen LogP contribution in [0.15, 0.2) is 34.7 Å². The van der Waals surface area contributed by atoms with Crippen LogP contribution in [0.5, 0.6) is 0 Å². The van der Waals surface area contributed by atoms with Gasteiger partial charge in [-0.1, -0.05) is 18.2 Å². The largest absolute Gasteiger partial charge is 0.459 e. The Kier molecular flexibility index (Phi) is 2.03. The van der Waals surface area contributed by atoms with E-state index in [4.69, 9.17) is 4.42 Å². The van der Waals surface area contributed by atoms with E-state index in [0.717, 1.165) is 11.0 Å². The molecule has 1 N–H and O–H groups in total. The molecular formula is C10H9NO4S. The SMILES string of the molecule is O=S1(=O)N[C@H](c2cc3ccccc3o2)CO1. The van der Waals surface area contributed by atoms with Crippen molar-refractivity contribution in [2.24, 2.45) is 0 Å². The lowest BCUT2D eigenvalue weighted by atomic mass is 10.2. The Bertz CT molecular complexity index is 598. The van der Waals surface area contributed by atoms with Gasteiger partial charge in [0.05, 0.1) is 6.61 Å². The van der Waals surface area contributed by atoms with Gasteiger partial charge in [-0.05, 0) is 12.1 Å². The number of hydrogen-bond acceptors (Lipinski definition) is 4. The molecule has 1 saturated heterocycles. The number of hydrogen-bond donors (Lipinski definition) is 1. The summed E-state index contributed by atoms with van der Waals surface area (Å²) in [6, 6.07) is 8.90. The van der Waals surface area contributed by atoms with Gasteiger partial charge in [-0.3, -0.25) is 4.18 Å². The Morgan fingerprint density at radius 3 is 2.81 bits per heavy atom. The number of rotatable bonds is 1. The smallest absolute Gasteiger partial charge is 0.336 e. The van der Waals surface area contributed by atoms with Crippen molar-refractivity contribution < 1.29 is 17.0 Å². The van der Waals surface area contributed by atoms with Crippen LogP contribution in [0.2, 0.25) is 0 Å². The number of furan rings is 1. The molecule has 1 aromatic carbocycles. The molecule has 1 aliphatic rings. The lowest BCUT2D eigenvalue weighted by molar-refractivity contribution is 0.324. The van der Waals surface area contributed by atoms with Crippen molar-refractivity contribution in [3.05, 3.63) is 36.1 Å². The van der Waals surface area contributed by atoms with E-state index in [9.17, 15) is 8.42 Å². The molecule has 3 rings (SSSR count). The Morgan fingerprint density at radius 2 is 2.12 bits per heavy atom. The maximum atomic E-state index is 11.1. The zero-order chi connectivity index (χ0) is 11.2. The van der Waals surface area contributed by atoms with Crippen molar-refractivity contribution in [3.8, 4) is 0 Å². The lowest BCUT2D eigenvalue weighted by Crippen LogP contribution is -2.19. The van der Waals surface area contributed by atoms with Gasteiger partial charge < -0.3 is 4.42 Å². The fourth-order valence-electron chi connectivity index (χ4n) is 1.71. The van der Waals surface area contributed by atoms with E-state index < -0.39 is 16.3 Å². The molecule has 2 aromatic rings. The van der Waals surface area contributed by atoms with Crippen LogP contribution in [0.1, 0.15) is 11.8 Å². The first-order valence-corrected chi connectivity index (χ1v) is 6.20. The first kappa shape index (κ1) is 9.83. The highest BCUT2D eigenvalue weighted by molar-refractivity contribution is 7.84. The third-order valence-electron chi connectivity index (χ3n) is 2.46. The van der Waals surface area contributed by atoms with Crippen molar-refractivity contribution in [3.63, 3.8) is 0 Å². The standard InChI is InChI=1S/C10H9NO4S/c12-16(13)11-8(6-14-16)10-5-7-3-1-2-4-9(7)15-10/h1-5,8,11H,6H2/t8-/m0/s1. The van der Waals surface area contributed by atoms with Gasteiger partial charge in [-0.15, -0.1) is 0 Å². The summed E-state index contributed by atoms with van der Waals surface area (Å²) in [5.74, 6) is 0.572. The highest BCUT2D eigenvalue weighted by Gasteiger charge is 2.31. The third kappa shape index (κ3) is 1.60. The monoisotopic (exact) mass is 239 g/mol. The molecule has 1 fully saturated rings. The molecule has 0 spiro atoms. The van der Waals surface area contributed by atoms with Crippen LogP contribution in [0.4, 0.5) is 0 Å². The summed E-state index contributed by atoms with van der Waals surface area (Å²) in [4.78, 5) is 0. The van der Waals surface area contributed by atoms with Gasteiger partial charge in [0.2, 0.25) is 0 Å². The van der Waals surface area contributed by atoms with E-state index in [1.54, 1.807) is 0 Å². The van der Waals surface area contributed by atoms with Gasteiger partial charge in [-0.25, -0.2) is 0 Å². The molecule has 1 aromatic heterocycles. The second-order valence-corrected chi connectivity index (χ2v) is 4.98. The van der Waals surface area contributed by atoms with E-state index in [-0.39, 0.29) is 6.61 Å². The third-order valence-corrected chi connectivity index (χ3v) is 3.48. The topological polar surface area (TPSA) is 68.5 Å². The number of para-hydroxylation sites is 1. The zero-order valence-corrected chi connectivity index (χ0v) is 9.03. The summed E-state index contributed by atoms with van der Waals surface area (Å²) < 4.78 is 34.6. The van der Waals surface area contributed by atoms with Crippen LogP contribution in [0, 0.1) is 0 Å². The Balaban J connectivity index is 2.01. The maximum Gasteiger partial charge on any atom is 0.336 e. The second-order valence-electron chi connectivity index (χ2n) is 3.60. The van der Waals surface area contributed by atoms with Crippen molar-refractivity contribution in [2.45, 2.75) is 6.04 Å². The van der Waals surface area contributed by atoms with Gasteiger partial charge in [0, 0.05) is 5.39 Å². The summed E-state index contributed by atoms with van der Waals surface area (Å²) in [7, 11) is -3.59. The average Bonchev–Trinajstić information content (AvgIpc) is 2.80. The van der Waals surface area contributed by atoms with Gasteiger partial charge in [0.1, 0.15) is 17.4 Å². The van der Waals surface area contributed by atoms with Crippen molar-refractivity contribution in [2.75, 3.05) is 6.61 Å². The molecule has 84 valence electrons. The van der Waals surface area contributed by atoms with E-state index in [2.05, 4.69) is 8.91 Å². The molecular weight excluding hydrogens is 230 g/mol. The van der Waals surface area contributed by atoms with Crippen LogP contribution in [-0.2, 0) is 14.5 Å². The molecule has 0 saturated carbocycles. The predicted octanol–water partition coefficient (Wildman–Crippen LogP) is 1.34. The number of nitrogens with one attached hydrogen (secondary N) is 1. The van der Waals surface area contributed by atoms with Crippen molar-refractivity contribution >= 4 is 21.3 Å². The second kappa shape index (κ2) is 3.31. The summed E-state index contributed by atoms with van der Waals surface area (Å²) in [6.07, 6.45) is 0. The minimum absolute atomic E-state index is 0.0716. The van der Waals surface area contributed by atoms with Crippen LogP contribution in [0.25, 0.3) is 11.0 Å². The zero-order valence-electron chi connectivity index (χ0n) is 8.21. The molecule has 6 heteroatoms. The number of benzene rings is 1. The van der Waals surface area contributed by atoms with Gasteiger partial charge >= 0.3 is 10.3 Å². The van der Waals surface area contributed by atoms with Crippen molar-refractivity contribution in [1.29, 1.82) is 0 Å². The Hall–Kier alpha value is -1.37. The van der Waals surface area contributed by atoms with E-state index in [0.29, 0.717) is 5.76 Å². The lowest BCUT2D eigenvalue weighted by Gasteiger charge is -2.00. The van der Waals surface area contributed by atoms with Gasteiger partial charge in [-0.2, -0.15) is 13.1 Å². The first-order valence-electron chi connectivity index (χ1n) is 4.79. The number of fused-ring (bicyclic) bond motifs is 1. The van der Waals surface area contributed by atoms with Gasteiger partial charge in [0.15, 0.2) is 0 Å². The molecule has 0 radical (unpaired) electrons. The van der Waals surface area contributed by atoms with Crippen LogP contribution in [-0.4, -0.2) is 15.0 Å². The minimum atomic E-state index is -3.59. The summed E-state index contributed by atoms with van der Waals surface area (Å²) in [5.41, 5.74) is 0.739. The maximum absolute atomic E-state index is 11.1. The van der Waals surface area contributed by atoms with E-state index in [1.807, 2.05) is 30.3 Å². The Morgan fingerprint density at radius 1 is 1.31 bits per heavy atom. The van der Waals surface area contributed by atoms with Gasteiger partial charge in [0.25, 0.3) is 0 Å². The molecule has 5 nitrogen and oxygen atoms in total. The highest BCUT2D eigenvalue weighted by Crippen LogP contribution is 2.27. The fourth-order valence-corrected chi connectivity index (χ4v) is 2.63. The first-order chi connectivity index (χ1) is 7.64. The molecule has 0 unspecified atom stereocenters. The minimum Gasteiger partial charge on any atom is -0.459 e. The molecule has 2 heterocycles. The quantitative estimate of drug-likeness (QED) is 0.815. The van der Waals surface area contributed by atoms with Crippen LogP contribution < -0.4 is 4.72 Å². The fraction of sp³-hybridized carbons (Fsp3) is 0.200. The van der Waals surface area contributed by atoms with Crippen LogP contribution in [0.3, 0.4) is 0 Å².